The second-order valence-corrected chi connectivity index (χ2v) is 5.54. The average molecular weight is 238 g/mol. The van der Waals surface area contributed by atoms with Gasteiger partial charge in [0.05, 0.1) is 0 Å². The zero-order valence-corrected chi connectivity index (χ0v) is 9.55. The van der Waals surface area contributed by atoms with Gasteiger partial charge in [0.1, 0.15) is 0 Å². The average Bonchev–Trinajstić information content (AvgIpc) is 2.17. The number of hydrogen-bond acceptors (Lipinski definition) is 5. The summed E-state index contributed by atoms with van der Waals surface area (Å²) < 4.78 is 31.0. The fourth-order valence-electron chi connectivity index (χ4n) is 1.67. The Kier molecular flexibility index (Phi) is 4.07. The number of piperazine rings is 1. The van der Waals surface area contributed by atoms with Crippen LogP contribution in [0.15, 0.2) is 0 Å². The maximum absolute atomic E-state index is 11.0. The molecule has 0 spiro atoms. The van der Waals surface area contributed by atoms with Gasteiger partial charge < -0.3 is 15.7 Å². The highest BCUT2D eigenvalue weighted by atomic mass is 32.2. The van der Waals surface area contributed by atoms with Crippen molar-refractivity contribution >= 4 is 10.1 Å². The van der Waals surface area contributed by atoms with E-state index in [0.717, 1.165) is 13.1 Å². The Balaban J connectivity index is 2.67. The molecule has 1 saturated heterocycles. The fraction of sp³-hybridized carbons (Fsp3) is 1.00. The summed E-state index contributed by atoms with van der Waals surface area (Å²) in [6, 6.07) is -0.134. The molecule has 15 heavy (non-hydrogen) atoms. The maximum atomic E-state index is 11.0. The Morgan fingerprint density at radius 2 is 2.13 bits per heavy atom. The molecular formula is C8H18N2O4S. The molecule has 0 saturated carbocycles. The first-order chi connectivity index (χ1) is 6.89. The molecule has 6 nitrogen and oxygen atoms in total. The lowest BCUT2D eigenvalue weighted by Gasteiger charge is -2.31. The predicted octanol–water partition coefficient (Wildman–Crippen LogP) is -1.08. The normalized spacial score (nSPS) is 27.3. The van der Waals surface area contributed by atoms with Gasteiger partial charge in [0.15, 0.2) is 4.93 Å². The lowest BCUT2D eigenvalue weighted by atomic mass is 10.1. The Bertz CT molecular complexity index is 300. The number of rotatable bonds is 4. The maximum Gasteiger partial charge on any atom is 0.295 e. The molecule has 1 aliphatic rings. The SMILES string of the molecule is CCC(O)(CC1CNCCN1)S(=O)(=O)O. The van der Waals surface area contributed by atoms with Crippen LogP contribution in [-0.2, 0) is 10.1 Å². The molecule has 0 aromatic carbocycles. The van der Waals surface area contributed by atoms with Crippen molar-refractivity contribution in [3.05, 3.63) is 0 Å². The Hall–Kier alpha value is -0.210. The van der Waals surface area contributed by atoms with E-state index in [1.54, 1.807) is 0 Å². The molecule has 0 aromatic rings. The molecule has 0 aliphatic carbocycles. The van der Waals surface area contributed by atoms with Gasteiger partial charge in [0.2, 0.25) is 0 Å². The quantitative estimate of drug-likeness (QED) is 0.465. The van der Waals surface area contributed by atoms with Crippen LogP contribution in [-0.4, -0.2) is 48.7 Å². The highest BCUT2D eigenvalue weighted by Crippen LogP contribution is 2.23. The molecule has 0 bridgehead atoms. The van der Waals surface area contributed by atoms with Crippen LogP contribution in [0.25, 0.3) is 0 Å². The van der Waals surface area contributed by atoms with Crippen LogP contribution in [0.4, 0.5) is 0 Å². The third-order valence-electron chi connectivity index (χ3n) is 2.72. The summed E-state index contributed by atoms with van der Waals surface area (Å²) in [4.78, 5) is -2.04. The van der Waals surface area contributed by atoms with Crippen molar-refractivity contribution in [3.8, 4) is 0 Å². The van der Waals surface area contributed by atoms with Crippen molar-refractivity contribution in [3.63, 3.8) is 0 Å². The van der Waals surface area contributed by atoms with Crippen molar-refractivity contribution in [1.29, 1.82) is 0 Å². The summed E-state index contributed by atoms with van der Waals surface area (Å²) in [5, 5.41) is 16.0. The van der Waals surface area contributed by atoms with Crippen molar-refractivity contribution in [2.45, 2.75) is 30.7 Å². The standard InChI is InChI=1S/C8H18N2O4S/c1-2-8(11,15(12,13)14)5-7-6-9-3-4-10-7/h7,9-11H,2-6H2,1H3,(H,12,13,14). The van der Waals surface area contributed by atoms with Crippen LogP contribution in [0.1, 0.15) is 19.8 Å². The summed E-state index contributed by atoms with van der Waals surface area (Å²) in [5.74, 6) is 0. The first-order valence-corrected chi connectivity index (χ1v) is 6.46. The van der Waals surface area contributed by atoms with E-state index in [1.807, 2.05) is 0 Å². The Morgan fingerprint density at radius 3 is 2.53 bits per heavy atom. The van der Waals surface area contributed by atoms with E-state index in [-0.39, 0.29) is 18.9 Å². The second kappa shape index (κ2) is 4.75. The van der Waals surface area contributed by atoms with Crippen molar-refractivity contribution in [2.75, 3.05) is 19.6 Å². The molecular weight excluding hydrogens is 220 g/mol. The van der Waals surface area contributed by atoms with E-state index in [9.17, 15) is 13.5 Å². The molecule has 0 radical (unpaired) electrons. The largest absolute Gasteiger partial charge is 0.372 e. The van der Waals surface area contributed by atoms with Gasteiger partial charge in [-0.1, -0.05) is 6.92 Å². The topological polar surface area (TPSA) is 98.7 Å². The third kappa shape index (κ3) is 3.12. The molecule has 0 aromatic heterocycles. The van der Waals surface area contributed by atoms with Crippen LogP contribution in [0, 0.1) is 0 Å². The van der Waals surface area contributed by atoms with Gasteiger partial charge in [0.25, 0.3) is 10.1 Å². The summed E-state index contributed by atoms with van der Waals surface area (Å²) in [6.45, 7) is 3.69. The zero-order chi connectivity index (χ0) is 11.5. The second-order valence-electron chi connectivity index (χ2n) is 3.83. The van der Waals surface area contributed by atoms with Crippen LogP contribution < -0.4 is 10.6 Å². The minimum atomic E-state index is -4.43. The molecule has 2 unspecified atom stereocenters. The fourth-order valence-corrected chi connectivity index (χ4v) is 2.45. The van der Waals surface area contributed by atoms with Crippen LogP contribution in [0.5, 0.6) is 0 Å². The highest BCUT2D eigenvalue weighted by Gasteiger charge is 2.41. The summed E-state index contributed by atoms with van der Waals surface area (Å²) >= 11 is 0. The molecule has 1 aliphatic heterocycles. The molecule has 7 heteroatoms. The zero-order valence-electron chi connectivity index (χ0n) is 8.73. The van der Waals surface area contributed by atoms with Gasteiger partial charge in [-0.15, -0.1) is 0 Å². The molecule has 2 atom stereocenters. The number of aliphatic hydroxyl groups is 1. The van der Waals surface area contributed by atoms with Crippen molar-refractivity contribution in [2.24, 2.45) is 0 Å². The van der Waals surface area contributed by atoms with Crippen LogP contribution in [0.2, 0.25) is 0 Å². The Morgan fingerprint density at radius 1 is 1.47 bits per heavy atom. The Labute approximate surface area is 89.8 Å². The van der Waals surface area contributed by atoms with E-state index in [0.29, 0.717) is 6.54 Å². The summed E-state index contributed by atoms with van der Waals surface area (Å²) in [7, 11) is -4.43. The highest BCUT2D eigenvalue weighted by molar-refractivity contribution is 7.87. The van der Waals surface area contributed by atoms with Gasteiger partial charge in [-0.05, 0) is 6.42 Å². The molecule has 1 heterocycles. The van der Waals surface area contributed by atoms with Crippen LogP contribution >= 0.6 is 0 Å². The van der Waals surface area contributed by atoms with Crippen molar-refractivity contribution < 1.29 is 18.1 Å². The minimum Gasteiger partial charge on any atom is -0.372 e. The minimum absolute atomic E-state index is 0.00463. The number of hydrogen-bond donors (Lipinski definition) is 4. The third-order valence-corrected chi connectivity index (χ3v) is 4.14. The van der Waals surface area contributed by atoms with Gasteiger partial charge in [-0.25, -0.2) is 0 Å². The van der Waals surface area contributed by atoms with E-state index in [2.05, 4.69) is 10.6 Å². The lowest BCUT2D eigenvalue weighted by Crippen LogP contribution is -2.53. The van der Waals surface area contributed by atoms with Gasteiger partial charge in [-0.3, -0.25) is 4.55 Å². The molecule has 4 N–H and O–H groups in total. The lowest BCUT2D eigenvalue weighted by molar-refractivity contribution is 0.0852. The first kappa shape index (κ1) is 12.9. The number of nitrogens with one attached hydrogen (secondary N) is 2. The van der Waals surface area contributed by atoms with Crippen LogP contribution in [0.3, 0.4) is 0 Å². The van der Waals surface area contributed by atoms with E-state index >= 15 is 0 Å². The molecule has 1 rings (SSSR count). The van der Waals surface area contributed by atoms with Gasteiger partial charge >= 0.3 is 0 Å². The molecule has 90 valence electrons. The van der Waals surface area contributed by atoms with E-state index in [4.69, 9.17) is 4.55 Å². The summed E-state index contributed by atoms with van der Waals surface area (Å²) in [5.41, 5.74) is 0. The molecule has 1 fully saturated rings. The van der Waals surface area contributed by atoms with E-state index in [1.165, 1.54) is 6.92 Å². The molecule has 0 amide bonds. The predicted molar refractivity (Wildman–Crippen MR) is 56.1 cm³/mol. The van der Waals surface area contributed by atoms with E-state index < -0.39 is 15.1 Å². The van der Waals surface area contributed by atoms with Gasteiger partial charge in [0, 0.05) is 32.1 Å². The summed E-state index contributed by atoms with van der Waals surface area (Å²) in [6.07, 6.45) is -0.0284. The van der Waals surface area contributed by atoms with Gasteiger partial charge in [-0.2, -0.15) is 8.42 Å². The smallest absolute Gasteiger partial charge is 0.295 e. The first-order valence-electron chi connectivity index (χ1n) is 5.02. The monoisotopic (exact) mass is 238 g/mol. The van der Waals surface area contributed by atoms with Crippen molar-refractivity contribution in [1.82, 2.24) is 10.6 Å².